The lowest BCUT2D eigenvalue weighted by molar-refractivity contribution is -0.124. The molecule has 0 saturated heterocycles. The van der Waals surface area contributed by atoms with Gasteiger partial charge in [-0.25, -0.2) is 4.98 Å². The van der Waals surface area contributed by atoms with Crippen molar-refractivity contribution in [2.45, 2.75) is 19.4 Å². The van der Waals surface area contributed by atoms with Crippen LogP contribution in [0, 0.1) is 0 Å². The van der Waals surface area contributed by atoms with Crippen molar-refractivity contribution in [2.75, 3.05) is 10.2 Å². The largest absolute Gasteiger partial charge is 0.331 e. The van der Waals surface area contributed by atoms with E-state index in [1.165, 1.54) is 5.56 Å². The van der Waals surface area contributed by atoms with Crippen molar-refractivity contribution in [1.29, 1.82) is 0 Å². The third-order valence-corrected chi connectivity index (χ3v) is 6.56. The number of imidazole rings is 1. The van der Waals surface area contributed by atoms with Crippen molar-refractivity contribution in [1.82, 2.24) is 9.55 Å². The molecule has 1 aliphatic rings. The Bertz CT molecular complexity index is 1580. The SMILES string of the molecule is Cl.O=C1CC(=O)N(c2ccc(-c3nccn3CCc3ccccc3)cc2)c2ccc3ccccc3c2N1. The Kier molecular flexibility index (Phi) is 6.75. The summed E-state index contributed by atoms with van der Waals surface area (Å²) in [6.45, 7) is 0.819. The van der Waals surface area contributed by atoms with Crippen LogP contribution in [-0.2, 0) is 22.6 Å². The summed E-state index contributed by atoms with van der Waals surface area (Å²) in [7, 11) is 0. The second kappa shape index (κ2) is 10.3. The van der Waals surface area contributed by atoms with Gasteiger partial charge in [0.2, 0.25) is 11.8 Å². The number of halogens is 1. The van der Waals surface area contributed by atoms with E-state index in [-0.39, 0.29) is 30.6 Å². The summed E-state index contributed by atoms with van der Waals surface area (Å²) < 4.78 is 2.14. The van der Waals surface area contributed by atoms with Crippen molar-refractivity contribution in [2.24, 2.45) is 0 Å². The Morgan fingerprint density at radius 1 is 0.838 bits per heavy atom. The van der Waals surface area contributed by atoms with E-state index in [1.54, 1.807) is 4.90 Å². The van der Waals surface area contributed by atoms with Gasteiger partial charge in [0, 0.05) is 35.6 Å². The fourth-order valence-corrected chi connectivity index (χ4v) is 4.80. The van der Waals surface area contributed by atoms with Crippen LogP contribution in [0.15, 0.2) is 103 Å². The average molecular weight is 509 g/mol. The molecule has 2 heterocycles. The van der Waals surface area contributed by atoms with Gasteiger partial charge in [0.25, 0.3) is 0 Å². The fraction of sp³-hybridized carbons (Fsp3) is 0.100. The van der Waals surface area contributed by atoms with Gasteiger partial charge in [-0.15, -0.1) is 12.4 Å². The Morgan fingerprint density at radius 3 is 2.41 bits per heavy atom. The van der Waals surface area contributed by atoms with Gasteiger partial charge in [-0.1, -0.05) is 60.7 Å². The number of carbonyl (C=O) groups excluding carboxylic acids is 2. The average Bonchev–Trinajstić information content (AvgIpc) is 3.33. The van der Waals surface area contributed by atoms with Gasteiger partial charge in [0.15, 0.2) is 0 Å². The summed E-state index contributed by atoms with van der Waals surface area (Å²) in [6.07, 6.45) is 4.50. The van der Waals surface area contributed by atoms with E-state index in [1.807, 2.05) is 79.1 Å². The number of rotatable bonds is 5. The third kappa shape index (κ3) is 4.71. The van der Waals surface area contributed by atoms with Crippen LogP contribution >= 0.6 is 12.4 Å². The van der Waals surface area contributed by atoms with Crippen molar-refractivity contribution in [3.63, 3.8) is 0 Å². The van der Waals surface area contributed by atoms with Crippen LogP contribution in [0.2, 0.25) is 0 Å². The molecule has 7 heteroatoms. The van der Waals surface area contributed by atoms with Gasteiger partial charge in [0.05, 0.1) is 11.4 Å². The lowest BCUT2D eigenvalue weighted by Gasteiger charge is -2.23. The molecule has 0 saturated carbocycles. The lowest BCUT2D eigenvalue weighted by Crippen LogP contribution is -2.26. The minimum absolute atomic E-state index is 0. The Morgan fingerprint density at radius 2 is 1.59 bits per heavy atom. The molecule has 0 aliphatic carbocycles. The summed E-state index contributed by atoms with van der Waals surface area (Å²) in [6, 6.07) is 29.9. The summed E-state index contributed by atoms with van der Waals surface area (Å²) in [4.78, 5) is 31.9. The molecule has 1 aromatic heterocycles. The van der Waals surface area contributed by atoms with Gasteiger partial charge in [-0.2, -0.15) is 0 Å². The first-order valence-corrected chi connectivity index (χ1v) is 12.0. The topological polar surface area (TPSA) is 67.2 Å². The van der Waals surface area contributed by atoms with Crippen LogP contribution in [0.3, 0.4) is 0 Å². The molecule has 1 aliphatic heterocycles. The number of hydrogen-bond acceptors (Lipinski definition) is 3. The molecule has 0 atom stereocenters. The van der Waals surface area contributed by atoms with Crippen LogP contribution in [0.25, 0.3) is 22.2 Å². The zero-order chi connectivity index (χ0) is 24.5. The molecule has 6 nitrogen and oxygen atoms in total. The Hall–Kier alpha value is -4.42. The molecule has 37 heavy (non-hydrogen) atoms. The maximum Gasteiger partial charge on any atom is 0.241 e. The molecular formula is C30H25ClN4O2. The predicted molar refractivity (Wildman–Crippen MR) is 149 cm³/mol. The van der Waals surface area contributed by atoms with Crippen LogP contribution in [0.4, 0.5) is 17.1 Å². The van der Waals surface area contributed by atoms with E-state index in [9.17, 15) is 9.59 Å². The van der Waals surface area contributed by atoms with E-state index in [0.29, 0.717) is 17.1 Å². The molecule has 0 unspecified atom stereocenters. The standard InChI is InChI=1S/C30H24N4O2.ClH/c35-27-20-28(36)34(26-15-12-22-8-4-5-9-25(22)29(26)32-27)24-13-10-23(11-14-24)30-31-17-19-33(30)18-16-21-6-2-1-3-7-21;/h1-15,17,19H,16,18,20H2,(H,32,35);1H. The summed E-state index contributed by atoms with van der Waals surface area (Å²) in [5, 5.41) is 4.86. The van der Waals surface area contributed by atoms with Gasteiger partial charge in [0.1, 0.15) is 12.2 Å². The summed E-state index contributed by atoms with van der Waals surface area (Å²) in [5.41, 5.74) is 4.28. The predicted octanol–water partition coefficient (Wildman–Crippen LogP) is 6.37. The minimum Gasteiger partial charge on any atom is -0.331 e. The van der Waals surface area contributed by atoms with Crippen molar-refractivity contribution < 1.29 is 9.59 Å². The van der Waals surface area contributed by atoms with Gasteiger partial charge < -0.3 is 9.88 Å². The summed E-state index contributed by atoms with van der Waals surface area (Å²) in [5.74, 6) is 0.304. The number of fused-ring (bicyclic) bond motifs is 3. The highest BCUT2D eigenvalue weighted by atomic mass is 35.5. The first-order chi connectivity index (χ1) is 17.7. The number of aryl methyl sites for hydroxylation is 2. The molecule has 6 rings (SSSR count). The molecule has 0 radical (unpaired) electrons. The molecule has 1 N–H and O–H groups in total. The first kappa shape index (κ1) is 24.3. The van der Waals surface area contributed by atoms with E-state index in [0.717, 1.165) is 35.1 Å². The molecule has 0 bridgehead atoms. The number of aromatic nitrogens is 2. The highest BCUT2D eigenvalue weighted by Gasteiger charge is 2.28. The monoisotopic (exact) mass is 508 g/mol. The number of hydrogen-bond donors (Lipinski definition) is 1. The highest BCUT2D eigenvalue weighted by molar-refractivity contribution is 6.21. The molecule has 2 amide bonds. The second-order valence-corrected chi connectivity index (χ2v) is 8.86. The summed E-state index contributed by atoms with van der Waals surface area (Å²) >= 11 is 0. The lowest BCUT2D eigenvalue weighted by atomic mass is 10.1. The molecule has 0 spiro atoms. The molecule has 0 fully saturated rings. The highest BCUT2D eigenvalue weighted by Crippen LogP contribution is 2.40. The molecule has 184 valence electrons. The molecular weight excluding hydrogens is 484 g/mol. The molecule has 4 aromatic carbocycles. The van der Waals surface area contributed by atoms with E-state index < -0.39 is 0 Å². The van der Waals surface area contributed by atoms with Gasteiger partial charge >= 0.3 is 0 Å². The van der Waals surface area contributed by atoms with E-state index in [4.69, 9.17) is 0 Å². The third-order valence-electron chi connectivity index (χ3n) is 6.56. The fourth-order valence-electron chi connectivity index (χ4n) is 4.80. The Labute approximate surface area is 221 Å². The minimum atomic E-state index is -0.308. The van der Waals surface area contributed by atoms with Crippen LogP contribution in [-0.4, -0.2) is 21.4 Å². The maximum absolute atomic E-state index is 13.2. The quantitative estimate of drug-likeness (QED) is 0.280. The second-order valence-electron chi connectivity index (χ2n) is 8.86. The number of carbonyl (C=O) groups is 2. The van der Waals surface area contributed by atoms with Crippen LogP contribution in [0.5, 0.6) is 0 Å². The van der Waals surface area contributed by atoms with Crippen LogP contribution < -0.4 is 10.2 Å². The van der Waals surface area contributed by atoms with E-state index in [2.05, 4.69) is 39.1 Å². The zero-order valence-corrected chi connectivity index (χ0v) is 20.8. The van der Waals surface area contributed by atoms with Crippen molar-refractivity contribution in [3.8, 4) is 11.4 Å². The Balaban J connectivity index is 0.00000280. The number of benzene rings is 4. The van der Waals surface area contributed by atoms with Crippen molar-refractivity contribution >= 4 is 52.1 Å². The van der Waals surface area contributed by atoms with Gasteiger partial charge in [-0.05, 0) is 47.7 Å². The van der Waals surface area contributed by atoms with E-state index >= 15 is 0 Å². The maximum atomic E-state index is 13.2. The zero-order valence-electron chi connectivity index (χ0n) is 20.0. The number of nitrogens with one attached hydrogen (secondary N) is 1. The van der Waals surface area contributed by atoms with Crippen molar-refractivity contribution in [3.05, 3.63) is 109 Å². The number of amides is 2. The smallest absolute Gasteiger partial charge is 0.241 e. The van der Waals surface area contributed by atoms with Crippen LogP contribution in [0.1, 0.15) is 12.0 Å². The number of nitrogens with zero attached hydrogens (tertiary/aromatic N) is 3. The molecule has 5 aromatic rings. The normalized spacial score (nSPS) is 13.0. The first-order valence-electron chi connectivity index (χ1n) is 12.0. The number of anilines is 3. The van der Waals surface area contributed by atoms with Gasteiger partial charge in [-0.3, -0.25) is 14.5 Å².